The van der Waals surface area contributed by atoms with Gasteiger partial charge < -0.3 is 9.47 Å². The first-order valence-corrected chi connectivity index (χ1v) is 11.3. The SMILES string of the molecule is COc1ccc(N=C(C#C[Si](C)(C)C)c2ccc(OC)cc2)cc1. The highest BCUT2D eigenvalue weighted by Gasteiger charge is 2.09. The summed E-state index contributed by atoms with van der Waals surface area (Å²) in [5, 5.41) is 0. The molecule has 2 aromatic carbocycles. The van der Waals surface area contributed by atoms with Gasteiger partial charge in [0.1, 0.15) is 25.3 Å². The summed E-state index contributed by atoms with van der Waals surface area (Å²) in [4.78, 5) is 4.73. The van der Waals surface area contributed by atoms with Crippen molar-refractivity contribution in [2.45, 2.75) is 19.6 Å². The van der Waals surface area contributed by atoms with Crippen molar-refractivity contribution in [1.29, 1.82) is 0 Å². The Kier molecular flexibility index (Phi) is 5.83. The van der Waals surface area contributed by atoms with Crippen molar-refractivity contribution in [3.8, 4) is 23.0 Å². The van der Waals surface area contributed by atoms with Gasteiger partial charge in [0.15, 0.2) is 0 Å². The highest BCUT2D eigenvalue weighted by atomic mass is 28.3. The molecule has 24 heavy (non-hydrogen) atoms. The van der Waals surface area contributed by atoms with E-state index in [1.807, 2.05) is 48.5 Å². The monoisotopic (exact) mass is 337 g/mol. The predicted molar refractivity (Wildman–Crippen MR) is 103 cm³/mol. The number of benzene rings is 2. The van der Waals surface area contributed by atoms with E-state index < -0.39 is 8.07 Å². The molecule has 0 aromatic heterocycles. The highest BCUT2D eigenvalue weighted by molar-refractivity contribution is 6.84. The van der Waals surface area contributed by atoms with E-state index >= 15 is 0 Å². The van der Waals surface area contributed by atoms with Crippen molar-refractivity contribution in [2.75, 3.05) is 14.2 Å². The van der Waals surface area contributed by atoms with E-state index in [4.69, 9.17) is 14.5 Å². The molecule has 0 aliphatic carbocycles. The molecule has 2 rings (SSSR count). The molecule has 0 saturated carbocycles. The van der Waals surface area contributed by atoms with Crippen molar-refractivity contribution in [1.82, 2.24) is 0 Å². The Morgan fingerprint density at radius 2 is 1.33 bits per heavy atom. The van der Waals surface area contributed by atoms with Crippen molar-refractivity contribution in [3.63, 3.8) is 0 Å². The van der Waals surface area contributed by atoms with E-state index in [0.717, 1.165) is 28.5 Å². The molecule has 3 nitrogen and oxygen atoms in total. The summed E-state index contributed by atoms with van der Waals surface area (Å²) in [7, 11) is 1.82. The van der Waals surface area contributed by atoms with Crippen LogP contribution in [0.3, 0.4) is 0 Å². The van der Waals surface area contributed by atoms with Crippen LogP contribution in [0.25, 0.3) is 0 Å². The van der Waals surface area contributed by atoms with Gasteiger partial charge in [0.05, 0.1) is 19.9 Å². The van der Waals surface area contributed by atoms with Gasteiger partial charge in [0, 0.05) is 5.56 Å². The largest absolute Gasteiger partial charge is 0.497 e. The predicted octanol–water partition coefficient (Wildman–Crippen LogP) is 4.71. The molecule has 0 saturated heterocycles. The number of hydrogen-bond donors (Lipinski definition) is 0. The molecule has 0 heterocycles. The third-order valence-electron chi connectivity index (χ3n) is 3.23. The maximum absolute atomic E-state index is 5.22. The maximum atomic E-state index is 5.22. The quantitative estimate of drug-likeness (QED) is 0.460. The number of hydrogen-bond acceptors (Lipinski definition) is 3. The lowest BCUT2D eigenvalue weighted by Crippen LogP contribution is -2.17. The van der Waals surface area contributed by atoms with Gasteiger partial charge in [-0.2, -0.15) is 0 Å². The smallest absolute Gasteiger partial charge is 0.129 e. The molecule has 0 N–H and O–H groups in total. The lowest BCUT2D eigenvalue weighted by molar-refractivity contribution is 0.414. The molecular formula is C20H23NO2Si. The third kappa shape index (κ3) is 5.29. The molecule has 0 atom stereocenters. The van der Waals surface area contributed by atoms with Gasteiger partial charge in [-0.05, 0) is 48.5 Å². The first-order chi connectivity index (χ1) is 11.4. The zero-order valence-electron chi connectivity index (χ0n) is 14.9. The molecule has 0 aliphatic rings. The first kappa shape index (κ1) is 17.8. The van der Waals surface area contributed by atoms with Crippen molar-refractivity contribution >= 4 is 19.5 Å². The van der Waals surface area contributed by atoms with Crippen LogP contribution in [0.2, 0.25) is 19.6 Å². The summed E-state index contributed by atoms with van der Waals surface area (Å²) in [6.45, 7) is 6.66. The zero-order chi connectivity index (χ0) is 17.6. The lowest BCUT2D eigenvalue weighted by atomic mass is 10.1. The molecule has 0 amide bonds. The van der Waals surface area contributed by atoms with Crippen molar-refractivity contribution in [3.05, 3.63) is 54.1 Å². The standard InChI is InChI=1S/C20H23NO2Si/c1-22-18-10-6-16(7-11-18)20(14-15-24(3,4)5)21-17-8-12-19(23-2)13-9-17/h6-13H,1-5H3. The Hall–Kier alpha value is -2.51. The van der Waals surface area contributed by atoms with Gasteiger partial charge in [0.2, 0.25) is 0 Å². The summed E-state index contributed by atoms with van der Waals surface area (Å²) in [6.07, 6.45) is 0. The number of methoxy groups -OCH3 is 2. The summed E-state index contributed by atoms with van der Waals surface area (Å²) in [6, 6.07) is 15.5. The number of ether oxygens (including phenoxy) is 2. The van der Waals surface area contributed by atoms with E-state index in [0.29, 0.717) is 0 Å². The Balaban J connectivity index is 2.43. The second-order valence-electron chi connectivity index (χ2n) is 6.39. The first-order valence-electron chi connectivity index (χ1n) is 7.81. The van der Waals surface area contributed by atoms with Crippen LogP contribution in [0, 0.1) is 11.5 Å². The van der Waals surface area contributed by atoms with Crippen LogP contribution in [0.5, 0.6) is 11.5 Å². The molecule has 2 aromatic rings. The van der Waals surface area contributed by atoms with Crippen LogP contribution < -0.4 is 9.47 Å². The fourth-order valence-electron chi connectivity index (χ4n) is 1.95. The van der Waals surface area contributed by atoms with Crippen molar-refractivity contribution < 1.29 is 9.47 Å². The Morgan fingerprint density at radius 3 is 1.79 bits per heavy atom. The molecule has 0 fully saturated rings. The minimum atomic E-state index is -1.49. The lowest BCUT2D eigenvalue weighted by Gasteiger charge is -2.06. The summed E-state index contributed by atoms with van der Waals surface area (Å²) < 4.78 is 10.4. The molecule has 124 valence electrons. The summed E-state index contributed by atoms with van der Waals surface area (Å²) >= 11 is 0. The van der Waals surface area contributed by atoms with Crippen LogP contribution in [0.1, 0.15) is 5.56 Å². The number of rotatable bonds is 4. The van der Waals surface area contributed by atoms with E-state index in [9.17, 15) is 0 Å². The summed E-state index contributed by atoms with van der Waals surface area (Å²) in [5.74, 6) is 4.91. The van der Waals surface area contributed by atoms with Crippen LogP contribution in [-0.2, 0) is 0 Å². The fraction of sp³-hybridized carbons (Fsp3) is 0.250. The number of aliphatic imine (C=N–C) groups is 1. The molecule has 0 unspecified atom stereocenters. The molecular weight excluding hydrogens is 314 g/mol. The van der Waals surface area contributed by atoms with Crippen LogP contribution >= 0.6 is 0 Å². The Labute approximate surface area is 145 Å². The zero-order valence-corrected chi connectivity index (χ0v) is 15.9. The normalized spacial score (nSPS) is 11.5. The topological polar surface area (TPSA) is 30.8 Å². The average molecular weight is 337 g/mol. The van der Waals surface area contributed by atoms with Gasteiger partial charge in [-0.3, -0.25) is 0 Å². The molecule has 0 spiro atoms. The molecule has 0 aliphatic heterocycles. The van der Waals surface area contributed by atoms with E-state index in [2.05, 4.69) is 31.1 Å². The van der Waals surface area contributed by atoms with E-state index in [1.165, 1.54) is 0 Å². The van der Waals surface area contributed by atoms with Crippen LogP contribution in [0.15, 0.2) is 53.5 Å². The number of nitrogens with zero attached hydrogens (tertiary/aromatic N) is 1. The van der Waals surface area contributed by atoms with Gasteiger partial charge in [-0.1, -0.05) is 25.6 Å². The van der Waals surface area contributed by atoms with Crippen LogP contribution in [0.4, 0.5) is 5.69 Å². The second-order valence-corrected chi connectivity index (χ2v) is 11.1. The van der Waals surface area contributed by atoms with E-state index in [-0.39, 0.29) is 0 Å². The van der Waals surface area contributed by atoms with Crippen molar-refractivity contribution in [2.24, 2.45) is 4.99 Å². The summed E-state index contributed by atoms with van der Waals surface area (Å²) in [5.41, 5.74) is 6.00. The molecule has 4 heteroatoms. The molecule has 0 bridgehead atoms. The van der Waals surface area contributed by atoms with Gasteiger partial charge >= 0.3 is 0 Å². The second kappa shape index (κ2) is 7.85. The van der Waals surface area contributed by atoms with Gasteiger partial charge in [-0.15, -0.1) is 5.54 Å². The maximum Gasteiger partial charge on any atom is 0.129 e. The minimum absolute atomic E-state index is 0.769. The fourth-order valence-corrected chi connectivity index (χ4v) is 2.44. The van der Waals surface area contributed by atoms with Gasteiger partial charge in [-0.25, -0.2) is 4.99 Å². The average Bonchev–Trinajstić information content (AvgIpc) is 2.58. The third-order valence-corrected chi connectivity index (χ3v) is 4.11. The minimum Gasteiger partial charge on any atom is -0.497 e. The van der Waals surface area contributed by atoms with Crippen LogP contribution in [-0.4, -0.2) is 28.0 Å². The Bertz CT molecular complexity index is 761. The van der Waals surface area contributed by atoms with Gasteiger partial charge in [0.25, 0.3) is 0 Å². The Morgan fingerprint density at radius 1 is 0.833 bits per heavy atom. The van der Waals surface area contributed by atoms with E-state index in [1.54, 1.807) is 14.2 Å². The molecule has 0 radical (unpaired) electrons. The highest BCUT2D eigenvalue weighted by Crippen LogP contribution is 2.20.